The smallest absolute Gasteiger partial charge is 0.338 e. The summed E-state index contributed by atoms with van der Waals surface area (Å²) in [5, 5.41) is 9.27. The number of nitrogens with one attached hydrogen (secondary N) is 3. The van der Waals surface area contributed by atoms with Crippen LogP contribution in [0.5, 0.6) is 17.2 Å². The van der Waals surface area contributed by atoms with Gasteiger partial charge >= 0.3 is 12.0 Å². The quantitative estimate of drug-likeness (QED) is 0.220. The number of esters is 1. The third-order valence-corrected chi connectivity index (χ3v) is 5.40. The first-order chi connectivity index (χ1) is 18.4. The van der Waals surface area contributed by atoms with Crippen molar-refractivity contribution in [1.82, 2.24) is 16.1 Å². The molecule has 11 heteroatoms. The zero-order valence-corrected chi connectivity index (χ0v) is 21.8. The van der Waals surface area contributed by atoms with Gasteiger partial charge in [-0.1, -0.05) is 13.0 Å². The van der Waals surface area contributed by atoms with Crippen LogP contribution in [-0.4, -0.2) is 51.1 Å². The van der Waals surface area contributed by atoms with Gasteiger partial charge in [-0.3, -0.25) is 4.79 Å². The first kappa shape index (κ1) is 28.0. The molecule has 11 nitrogen and oxygen atoms in total. The highest BCUT2D eigenvalue weighted by atomic mass is 16.5. The van der Waals surface area contributed by atoms with E-state index >= 15 is 0 Å². The van der Waals surface area contributed by atoms with Crippen LogP contribution >= 0.6 is 0 Å². The summed E-state index contributed by atoms with van der Waals surface area (Å²) in [6, 6.07) is 11.0. The van der Waals surface area contributed by atoms with Gasteiger partial charge < -0.3 is 29.6 Å². The van der Waals surface area contributed by atoms with Crippen molar-refractivity contribution < 1.29 is 33.3 Å². The molecule has 2 aromatic rings. The van der Waals surface area contributed by atoms with E-state index in [4.69, 9.17) is 18.9 Å². The fourth-order valence-corrected chi connectivity index (χ4v) is 3.63. The lowest BCUT2D eigenvalue weighted by molar-refractivity contribution is -0.139. The van der Waals surface area contributed by atoms with E-state index in [0.29, 0.717) is 29.4 Å². The van der Waals surface area contributed by atoms with Crippen molar-refractivity contribution in [3.63, 3.8) is 0 Å². The maximum Gasteiger partial charge on any atom is 0.338 e. The minimum atomic E-state index is -0.754. The van der Waals surface area contributed by atoms with Gasteiger partial charge in [0.05, 0.1) is 38.2 Å². The van der Waals surface area contributed by atoms with Crippen LogP contribution in [0.15, 0.2) is 58.8 Å². The lowest BCUT2D eigenvalue weighted by Gasteiger charge is -2.28. The lowest BCUT2D eigenvalue weighted by Crippen LogP contribution is -2.45. The largest absolute Gasteiger partial charge is 0.494 e. The van der Waals surface area contributed by atoms with Gasteiger partial charge in [-0.2, -0.15) is 5.10 Å². The number of carbonyl (C=O) groups excluding carboxylic acids is 3. The number of amides is 3. The monoisotopic (exact) mass is 524 g/mol. The van der Waals surface area contributed by atoms with Gasteiger partial charge in [0.1, 0.15) is 5.75 Å². The van der Waals surface area contributed by atoms with Crippen molar-refractivity contribution in [2.75, 3.05) is 26.9 Å². The number of allylic oxidation sites excluding steroid dienone is 1. The van der Waals surface area contributed by atoms with Gasteiger partial charge in [-0.15, -0.1) is 0 Å². The molecule has 3 rings (SSSR count). The van der Waals surface area contributed by atoms with Gasteiger partial charge in [0, 0.05) is 5.70 Å². The van der Waals surface area contributed by atoms with Crippen LogP contribution in [-0.2, 0) is 14.3 Å². The standard InChI is InChI=1S/C27H32N4O7/c1-5-13-37-20-10-7-18(8-11-20)15-28-31-23(32)16-38-21-12-9-19(14-22(21)35-4)25-24(26(33)36-6-2)17(3)29-27(34)30-25/h7-12,14-15,25H,5-6,13,16H2,1-4H3,(H,31,32)(H2,29,30,34)/b28-15-/t25-/m1/s1. The van der Waals surface area contributed by atoms with Crippen LogP contribution in [0.4, 0.5) is 4.79 Å². The highest BCUT2D eigenvalue weighted by Crippen LogP contribution is 2.34. The number of hydrogen-bond donors (Lipinski definition) is 3. The zero-order valence-electron chi connectivity index (χ0n) is 21.8. The summed E-state index contributed by atoms with van der Waals surface area (Å²) in [5.41, 5.74) is 4.46. The second kappa shape index (κ2) is 13.7. The number of nitrogens with zero attached hydrogens (tertiary/aromatic N) is 1. The lowest BCUT2D eigenvalue weighted by atomic mass is 9.95. The molecule has 1 atom stereocenters. The summed E-state index contributed by atoms with van der Waals surface area (Å²) in [7, 11) is 1.45. The Morgan fingerprint density at radius 3 is 2.53 bits per heavy atom. The molecular formula is C27H32N4O7. The Balaban J connectivity index is 1.62. The number of rotatable bonds is 12. The van der Waals surface area contributed by atoms with E-state index in [1.165, 1.54) is 13.3 Å². The fraction of sp³-hybridized carbons (Fsp3) is 0.333. The minimum Gasteiger partial charge on any atom is -0.494 e. The molecule has 0 spiro atoms. The van der Waals surface area contributed by atoms with E-state index in [0.717, 1.165) is 17.7 Å². The molecule has 3 amide bonds. The SMILES string of the molecule is CCCOc1ccc(/C=N\NC(=O)COc2ccc([C@H]3NC(=O)NC(C)=C3C(=O)OCC)cc2OC)cc1. The maximum absolute atomic E-state index is 12.5. The Morgan fingerprint density at radius 2 is 1.84 bits per heavy atom. The molecule has 202 valence electrons. The molecule has 1 heterocycles. The Morgan fingerprint density at radius 1 is 1.08 bits per heavy atom. The van der Waals surface area contributed by atoms with Crippen LogP contribution in [0.1, 0.15) is 44.4 Å². The number of hydrazone groups is 1. The highest BCUT2D eigenvalue weighted by Gasteiger charge is 2.32. The second-order valence-electron chi connectivity index (χ2n) is 8.20. The van der Waals surface area contributed by atoms with Crippen molar-refractivity contribution in [2.24, 2.45) is 5.10 Å². The van der Waals surface area contributed by atoms with Gasteiger partial charge in [0.15, 0.2) is 18.1 Å². The van der Waals surface area contributed by atoms with E-state index in [9.17, 15) is 14.4 Å². The molecule has 1 aliphatic rings. The normalized spacial score (nSPS) is 14.9. The molecule has 0 aliphatic carbocycles. The number of urea groups is 1. The van der Waals surface area contributed by atoms with E-state index < -0.39 is 23.9 Å². The predicted octanol–water partition coefficient (Wildman–Crippen LogP) is 3.20. The number of methoxy groups -OCH3 is 1. The molecule has 0 radical (unpaired) electrons. The molecule has 0 unspecified atom stereocenters. The summed E-state index contributed by atoms with van der Waals surface area (Å²) >= 11 is 0. The third-order valence-electron chi connectivity index (χ3n) is 5.40. The Labute approximate surface area is 221 Å². The predicted molar refractivity (Wildman–Crippen MR) is 140 cm³/mol. The number of hydrogen-bond acceptors (Lipinski definition) is 8. The topological polar surface area (TPSA) is 137 Å². The fourth-order valence-electron chi connectivity index (χ4n) is 3.63. The van der Waals surface area contributed by atoms with E-state index in [-0.39, 0.29) is 18.8 Å². The first-order valence-electron chi connectivity index (χ1n) is 12.2. The molecule has 0 fully saturated rings. The summed E-state index contributed by atoms with van der Waals surface area (Å²) in [5.74, 6) is 0.380. The molecule has 38 heavy (non-hydrogen) atoms. The Kier molecular flexibility index (Phi) is 10.1. The van der Waals surface area contributed by atoms with Crippen LogP contribution < -0.4 is 30.3 Å². The van der Waals surface area contributed by atoms with E-state index in [1.54, 1.807) is 32.0 Å². The van der Waals surface area contributed by atoms with Crippen LogP contribution in [0, 0.1) is 0 Å². The Bertz CT molecular complexity index is 1210. The molecule has 3 N–H and O–H groups in total. The van der Waals surface area contributed by atoms with Crippen molar-refractivity contribution in [2.45, 2.75) is 33.2 Å². The highest BCUT2D eigenvalue weighted by molar-refractivity contribution is 5.95. The average Bonchev–Trinajstić information content (AvgIpc) is 2.91. The van der Waals surface area contributed by atoms with E-state index in [2.05, 4.69) is 21.2 Å². The van der Waals surface area contributed by atoms with Gasteiger partial charge in [0.2, 0.25) is 0 Å². The molecule has 0 saturated carbocycles. The third kappa shape index (κ3) is 7.48. The minimum absolute atomic E-state index is 0.193. The average molecular weight is 525 g/mol. The first-order valence-corrected chi connectivity index (χ1v) is 12.2. The van der Waals surface area contributed by atoms with Crippen molar-refractivity contribution in [3.8, 4) is 17.2 Å². The zero-order chi connectivity index (χ0) is 27.5. The maximum atomic E-state index is 12.5. The van der Waals surface area contributed by atoms with Crippen molar-refractivity contribution >= 4 is 24.1 Å². The van der Waals surface area contributed by atoms with Crippen LogP contribution in [0.2, 0.25) is 0 Å². The molecular weight excluding hydrogens is 492 g/mol. The van der Waals surface area contributed by atoms with Crippen LogP contribution in [0.3, 0.4) is 0 Å². The molecule has 2 aromatic carbocycles. The number of carbonyl (C=O) groups is 3. The van der Waals surface area contributed by atoms with Crippen molar-refractivity contribution in [1.29, 1.82) is 0 Å². The molecule has 0 aromatic heterocycles. The molecule has 0 saturated heterocycles. The molecule has 0 bridgehead atoms. The van der Waals surface area contributed by atoms with Gasteiger partial charge in [-0.25, -0.2) is 15.0 Å². The summed E-state index contributed by atoms with van der Waals surface area (Å²) in [6.07, 6.45) is 2.44. The van der Waals surface area contributed by atoms with Crippen molar-refractivity contribution in [3.05, 3.63) is 64.9 Å². The number of benzene rings is 2. The summed E-state index contributed by atoms with van der Waals surface area (Å²) in [4.78, 5) is 36.8. The van der Waals surface area contributed by atoms with Crippen LogP contribution in [0.25, 0.3) is 0 Å². The van der Waals surface area contributed by atoms with Gasteiger partial charge in [0.25, 0.3) is 5.91 Å². The van der Waals surface area contributed by atoms with Gasteiger partial charge in [-0.05, 0) is 67.8 Å². The summed E-state index contributed by atoms with van der Waals surface area (Å²) in [6.45, 7) is 5.90. The Hall–Kier alpha value is -4.54. The second-order valence-corrected chi connectivity index (χ2v) is 8.20. The number of ether oxygens (including phenoxy) is 4. The molecule has 1 aliphatic heterocycles. The summed E-state index contributed by atoms with van der Waals surface area (Å²) < 4.78 is 21.7. The van der Waals surface area contributed by atoms with E-state index in [1.807, 2.05) is 31.2 Å².